The van der Waals surface area contributed by atoms with Crippen LogP contribution in [0.25, 0.3) is 0 Å². The van der Waals surface area contributed by atoms with Crippen molar-refractivity contribution in [2.24, 2.45) is 10.4 Å². The van der Waals surface area contributed by atoms with E-state index in [9.17, 15) is 5.11 Å². The van der Waals surface area contributed by atoms with Crippen LogP contribution in [0.5, 0.6) is 0 Å². The first-order chi connectivity index (χ1) is 9.11. The number of nitrogens with one attached hydrogen (secondary N) is 2. The Hall–Kier alpha value is 0.310. The Morgan fingerprint density at radius 1 is 1.25 bits per heavy atom. The standard InChI is InChI=1S/C14H27N3OS.HI/c1-3-13(5-4-6-13)9-16-12(15-2)17-10-14(18)7-8-19-11-14;/h18H,3-11H2,1-2H3,(H2,15,16,17);1H. The van der Waals surface area contributed by atoms with Crippen molar-refractivity contribution < 1.29 is 5.11 Å². The van der Waals surface area contributed by atoms with Crippen molar-refractivity contribution in [3.05, 3.63) is 0 Å². The van der Waals surface area contributed by atoms with E-state index in [2.05, 4.69) is 22.5 Å². The van der Waals surface area contributed by atoms with Gasteiger partial charge in [-0.3, -0.25) is 4.99 Å². The fraction of sp³-hybridized carbons (Fsp3) is 0.929. The molecule has 2 aliphatic rings. The highest BCUT2D eigenvalue weighted by Crippen LogP contribution is 2.42. The third-order valence-corrected chi connectivity index (χ3v) is 5.92. The van der Waals surface area contributed by atoms with Gasteiger partial charge in [0.05, 0.1) is 5.60 Å². The van der Waals surface area contributed by atoms with Gasteiger partial charge < -0.3 is 15.7 Å². The smallest absolute Gasteiger partial charge is 0.191 e. The molecule has 0 amide bonds. The van der Waals surface area contributed by atoms with Crippen molar-refractivity contribution in [2.75, 3.05) is 31.6 Å². The summed E-state index contributed by atoms with van der Waals surface area (Å²) in [7, 11) is 1.79. The third kappa shape index (κ3) is 4.66. The zero-order valence-electron chi connectivity index (χ0n) is 12.6. The molecule has 0 bridgehead atoms. The second kappa shape index (κ2) is 8.08. The number of aliphatic imine (C=N–C) groups is 1. The Bertz CT molecular complexity index is 315. The molecule has 1 heterocycles. The minimum Gasteiger partial charge on any atom is -0.387 e. The van der Waals surface area contributed by atoms with E-state index in [0.29, 0.717) is 12.0 Å². The van der Waals surface area contributed by atoms with Crippen LogP contribution >= 0.6 is 35.7 Å². The lowest BCUT2D eigenvalue weighted by molar-refractivity contribution is 0.0722. The van der Waals surface area contributed by atoms with Gasteiger partial charge in [0.2, 0.25) is 0 Å². The van der Waals surface area contributed by atoms with Crippen LogP contribution in [-0.4, -0.2) is 48.3 Å². The minimum atomic E-state index is -0.554. The second-order valence-electron chi connectivity index (χ2n) is 6.01. The molecular weight excluding hydrogens is 385 g/mol. The molecule has 1 saturated heterocycles. The SMILES string of the molecule is CCC1(CNC(=NC)NCC2(O)CCSC2)CCC1.I. The van der Waals surface area contributed by atoms with Crippen LogP contribution in [-0.2, 0) is 0 Å². The number of nitrogens with zero attached hydrogens (tertiary/aromatic N) is 1. The quantitative estimate of drug-likeness (QED) is 0.368. The summed E-state index contributed by atoms with van der Waals surface area (Å²) in [6.45, 7) is 3.87. The zero-order valence-corrected chi connectivity index (χ0v) is 15.7. The molecule has 1 atom stereocenters. The number of halogens is 1. The molecule has 2 fully saturated rings. The summed E-state index contributed by atoms with van der Waals surface area (Å²) in [5.41, 5.74) is -0.0705. The molecule has 0 aromatic rings. The fourth-order valence-corrected chi connectivity index (χ4v) is 4.10. The first-order valence-corrected chi connectivity index (χ1v) is 8.52. The molecule has 3 N–H and O–H groups in total. The highest BCUT2D eigenvalue weighted by atomic mass is 127. The second-order valence-corrected chi connectivity index (χ2v) is 7.12. The van der Waals surface area contributed by atoms with Crippen molar-refractivity contribution >= 4 is 41.7 Å². The van der Waals surface area contributed by atoms with Crippen LogP contribution < -0.4 is 10.6 Å². The number of hydrogen-bond donors (Lipinski definition) is 3. The van der Waals surface area contributed by atoms with Gasteiger partial charge in [-0.15, -0.1) is 24.0 Å². The molecule has 1 aliphatic heterocycles. The largest absolute Gasteiger partial charge is 0.387 e. The summed E-state index contributed by atoms with van der Waals surface area (Å²) in [6, 6.07) is 0. The fourth-order valence-electron chi connectivity index (χ4n) is 2.81. The summed E-state index contributed by atoms with van der Waals surface area (Å²) in [6.07, 6.45) is 6.12. The lowest BCUT2D eigenvalue weighted by Crippen LogP contribution is -2.50. The van der Waals surface area contributed by atoms with Crippen molar-refractivity contribution in [3.8, 4) is 0 Å². The molecule has 1 aliphatic carbocycles. The van der Waals surface area contributed by atoms with Gasteiger partial charge >= 0.3 is 0 Å². The van der Waals surface area contributed by atoms with Gasteiger partial charge in [0, 0.05) is 25.9 Å². The van der Waals surface area contributed by atoms with Crippen LogP contribution in [0.3, 0.4) is 0 Å². The van der Waals surface area contributed by atoms with Gasteiger partial charge in [0.1, 0.15) is 0 Å². The summed E-state index contributed by atoms with van der Waals surface area (Å²) in [5, 5.41) is 17.0. The molecule has 1 saturated carbocycles. The third-order valence-electron chi connectivity index (χ3n) is 4.69. The van der Waals surface area contributed by atoms with E-state index in [-0.39, 0.29) is 24.0 Å². The first kappa shape index (κ1) is 18.4. The van der Waals surface area contributed by atoms with E-state index in [1.54, 1.807) is 7.05 Å². The maximum absolute atomic E-state index is 10.3. The van der Waals surface area contributed by atoms with E-state index in [1.165, 1.54) is 25.7 Å². The molecule has 0 spiro atoms. The van der Waals surface area contributed by atoms with E-state index in [1.807, 2.05) is 11.8 Å². The van der Waals surface area contributed by atoms with Crippen LogP contribution in [0.15, 0.2) is 4.99 Å². The molecule has 4 nitrogen and oxygen atoms in total. The molecule has 0 aromatic heterocycles. The normalized spacial score (nSPS) is 28.4. The van der Waals surface area contributed by atoms with Gasteiger partial charge in [0.15, 0.2) is 5.96 Å². The molecular formula is C14H28IN3OS. The van der Waals surface area contributed by atoms with Gasteiger partial charge in [-0.05, 0) is 36.9 Å². The average molecular weight is 413 g/mol. The van der Waals surface area contributed by atoms with Crippen LogP contribution in [0.1, 0.15) is 39.0 Å². The molecule has 6 heteroatoms. The van der Waals surface area contributed by atoms with E-state index >= 15 is 0 Å². The average Bonchev–Trinajstić information content (AvgIpc) is 2.79. The van der Waals surface area contributed by atoms with Crippen LogP contribution in [0.2, 0.25) is 0 Å². The number of guanidine groups is 1. The number of hydrogen-bond acceptors (Lipinski definition) is 3. The Balaban J connectivity index is 0.00000200. The summed E-state index contributed by atoms with van der Waals surface area (Å²) in [5.74, 6) is 2.71. The molecule has 1 unspecified atom stereocenters. The summed E-state index contributed by atoms with van der Waals surface area (Å²) in [4.78, 5) is 4.25. The summed E-state index contributed by atoms with van der Waals surface area (Å²) >= 11 is 1.82. The Morgan fingerprint density at radius 2 is 1.95 bits per heavy atom. The van der Waals surface area contributed by atoms with Crippen molar-refractivity contribution in [1.82, 2.24) is 10.6 Å². The lowest BCUT2D eigenvalue weighted by atomic mass is 9.67. The zero-order chi connectivity index (χ0) is 13.8. The van der Waals surface area contributed by atoms with Gasteiger partial charge in [-0.25, -0.2) is 0 Å². The van der Waals surface area contributed by atoms with E-state index in [4.69, 9.17) is 0 Å². The topological polar surface area (TPSA) is 56.7 Å². The van der Waals surface area contributed by atoms with Gasteiger partial charge in [-0.2, -0.15) is 11.8 Å². The highest BCUT2D eigenvalue weighted by molar-refractivity contribution is 14.0. The van der Waals surface area contributed by atoms with Gasteiger partial charge in [0.25, 0.3) is 0 Å². The number of rotatable bonds is 5. The lowest BCUT2D eigenvalue weighted by Gasteiger charge is -2.41. The molecule has 0 aromatic carbocycles. The summed E-state index contributed by atoms with van der Waals surface area (Å²) < 4.78 is 0. The van der Waals surface area contributed by atoms with Crippen molar-refractivity contribution in [1.29, 1.82) is 0 Å². The Morgan fingerprint density at radius 3 is 2.40 bits per heavy atom. The monoisotopic (exact) mass is 413 g/mol. The first-order valence-electron chi connectivity index (χ1n) is 7.36. The minimum absolute atomic E-state index is 0. The number of thioether (sulfide) groups is 1. The predicted molar refractivity (Wildman–Crippen MR) is 98.2 cm³/mol. The molecule has 0 radical (unpaired) electrons. The van der Waals surface area contributed by atoms with E-state index in [0.717, 1.165) is 30.4 Å². The Labute approximate surface area is 144 Å². The van der Waals surface area contributed by atoms with Crippen LogP contribution in [0, 0.1) is 5.41 Å². The van der Waals surface area contributed by atoms with Crippen LogP contribution in [0.4, 0.5) is 0 Å². The van der Waals surface area contributed by atoms with E-state index < -0.39 is 5.60 Å². The predicted octanol–water partition coefficient (Wildman–Crippen LogP) is 2.22. The molecule has 118 valence electrons. The molecule has 2 rings (SSSR count). The maximum atomic E-state index is 10.3. The van der Waals surface area contributed by atoms with Crippen molar-refractivity contribution in [3.63, 3.8) is 0 Å². The number of aliphatic hydroxyl groups is 1. The van der Waals surface area contributed by atoms with Gasteiger partial charge in [-0.1, -0.05) is 13.3 Å². The molecule has 20 heavy (non-hydrogen) atoms. The highest BCUT2D eigenvalue weighted by Gasteiger charge is 2.35. The maximum Gasteiger partial charge on any atom is 0.191 e. The van der Waals surface area contributed by atoms with Crippen molar-refractivity contribution in [2.45, 2.75) is 44.6 Å². The Kier molecular flexibility index (Phi) is 7.41.